The highest BCUT2D eigenvalue weighted by Crippen LogP contribution is 2.29. The normalized spacial score (nSPS) is 13.1. The molecule has 16 heavy (non-hydrogen) atoms. The Morgan fingerprint density at radius 2 is 2.00 bits per heavy atom. The fourth-order valence-corrected chi connectivity index (χ4v) is 1.57. The van der Waals surface area contributed by atoms with Gasteiger partial charge >= 0.3 is 6.18 Å². The second-order valence-electron chi connectivity index (χ2n) is 4.62. The molecule has 0 saturated heterocycles. The first-order valence-corrected chi connectivity index (χ1v) is 4.99. The molecule has 0 bridgehead atoms. The van der Waals surface area contributed by atoms with Gasteiger partial charge in [-0.25, -0.2) is 0 Å². The molecule has 0 unspecified atom stereocenters. The average Bonchev–Trinajstić information content (AvgIpc) is 2.50. The standard InChI is InChI=1S/C10H16F3N3/c1-9(2,6-14-3)7-16-5-8(4-15-16)10(11,12)13/h4-5,14H,6-7H2,1-3H3. The third kappa shape index (κ3) is 3.52. The van der Waals surface area contributed by atoms with Gasteiger partial charge in [-0.2, -0.15) is 18.3 Å². The van der Waals surface area contributed by atoms with Gasteiger partial charge in [0.1, 0.15) is 0 Å². The predicted molar refractivity (Wildman–Crippen MR) is 54.9 cm³/mol. The molecule has 1 heterocycles. The Morgan fingerprint density at radius 1 is 1.38 bits per heavy atom. The third-order valence-electron chi connectivity index (χ3n) is 2.21. The van der Waals surface area contributed by atoms with E-state index in [-0.39, 0.29) is 5.41 Å². The lowest BCUT2D eigenvalue weighted by atomic mass is 9.94. The maximum absolute atomic E-state index is 12.3. The van der Waals surface area contributed by atoms with E-state index < -0.39 is 11.7 Å². The van der Waals surface area contributed by atoms with Gasteiger partial charge in [-0.1, -0.05) is 13.8 Å². The van der Waals surface area contributed by atoms with Gasteiger partial charge in [-0.05, 0) is 12.5 Å². The van der Waals surface area contributed by atoms with Crippen molar-refractivity contribution >= 4 is 0 Å². The van der Waals surface area contributed by atoms with Gasteiger partial charge in [0.25, 0.3) is 0 Å². The molecule has 1 rings (SSSR count). The van der Waals surface area contributed by atoms with Crippen LogP contribution in [0.15, 0.2) is 12.4 Å². The van der Waals surface area contributed by atoms with E-state index in [1.165, 1.54) is 4.68 Å². The number of hydrogen-bond acceptors (Lipinski definition) is 2. The van der Waals surface area contributed by atoms with Gasteiger partial charge in [-0.3, -0.25) is 4.68 Å². The van der Waals surface area contributed by atoms with E-state index in [1.54, 1.807) is 0 Å². The van der Waals surface area contributed by atoms with Crippen LogP contribution in [0.5, 0.6) is 0 Å². The summed E-state index contributed by atoms with van der Waals surface area (Å²) in [6.07, 6.45) is -2.42. The van der Waals surface area contributed by atoms with E-state index >= 15 is 0 Å². The van der Waals surface area contributed by atoms with Crippen molar-refractivity contribution in [3.63, 3.8) is 0 Å². The molecule has 1 aromatic heterocycles. The Balaban J connectivity index is 2.73. The number of rotatable bonds is 4. The number of halogens is 3. The van der Waals surface area contributed by atoms with Gasteiger partial charge in [-0.15, -0.1) is 0 Å². The van der Waals surface area contributed by atoms with Crippen LogP contribution in [-0.4, -0.2) is 23.4 Å². The van der Waals surface area contributed by atoms with Crippen LogP contribution in [0.25, 0.3) is 0 Å². The first-order chi connectivity index (χ1) is 7.24. The maximum atomic E-state index is 12.3. The summed E-state index contributed by atoms with van der Waals surface area (Å²) in [7, 11) is 1.81. The molecule has 0 atom stereocenters. The zero-order valence-corrected chi connectivity index (χ0v) is 9.60. The van der Waals surface area contributed by atoms with Crippen LogP contribution in [0.3, 0.4) is 0 Å². The highest BCUT2D eigenvalue weighted by molar-refractivity contribution is 5.08. The Hall–Kier alpha value is -1.04. The minimum Gasteiger partial charge on any atom is -0.319 e. The maximum Gasteiger partial charge on any atom is 0.419 e. The van der Waals surface area contributed by atoms with Crippen molar-refractivity contribution < 1.29 is 13.2 Å². The molecule has 0 aliphatic carbocycles. The molecule has 0 amide bonds. The summed E-state index contributed by atoms with van der Waals surface area (Å²) in [5, 5.41) is 6.72. The lowest BCUT2D eigenvalue weighted by molar-refractivity contribution is -0.137. The van der Waals surface area contributed by atoms with E-state index in [0.717, 1.165) is 12.4 Å². The summed E-state index contributed by atoms with van der Waals surface area (Å²) in [4.78, 5) is 0. The van der Waals surface area contributed by atoms with Gasteiger partial charge in [0, 0.05) is 19.3 Å². The van der Waals surface area contributed by atoms with Crippen LogP contribution in [0.2, 0.25) is 0 Å². The Labute approximate surface area is 92.6 Å². The molecule has 0 saturated carbocycles. The van der Waals surface area contributed by atoms with Gasteiger partial charge in [0.2, 0.25) is 0 Å². The minimum atomic E-state index is -4.31. The van der Waals surface area contributed by atoms with E-state index in [2.05, 4.69) is 10.4 Å². The molecule has 0 aromatic carbocycles. The first-order valence-electron chi connectivity index (χ1n) is 4.99. The van der Waals surface area contributed by atoms with Crippen LogP contribution in [-0.2, 0) is 12.7 Å². The van der Waals surface area contributed by atoms with Gasteiger partial charge < -0.3 is 5.32 Å². The lowest BCUT2D eigenvalue weighted by Crippen LogP contribution is -2.31. The second kappa shape index (κ2) is 4.45. The van der Waals surface area contributed by atoms with Crippen molar-refractivity contribution in [3.05, 3.63) is 18.0 Å². The largest absolute Gasteiger partial charge is 0.419 e. The fraction of sp³-hybridized carbons (Fsp3) is 0.700. The smallest absolute Gasteiger partial charge is 0.319 e. The second-order valence-corrected chi connectivity index (χ2v) is 4.62. The summed E-state index contributed by atoms with van der Waals surface area (Å²) in [6.45, 7) is 5.11. The summed E-state index contributed by atoms with van der Waals surface area (Å²) in [6, 6.07) is 0. The van der Waals surface area contributed by atoms with Crippen molar-refractivity contribution in [2.45, 2.75) is 26.6 Å². The molecular weight excluding hydrogens is 219 g/mol. The molecule has 0 spiro atoms. The van der Waals surface area contributed by atoms with Crippen LogP contribution in [0, 0.1) is 5.41 Å². The molecule has 0 aliphatic heterocycles. The number of aromatic nitrogens is 2. The Kier molecular flexibility index (Phi) is 3.62. The van der Waals surface area contributed by atoms with Crippen molar-refractivity contribution in [1.29, 1.82) is 0 Å². The lowest BCUT2D eigenvalue weighted by Gasteiger charge is -2.23. The number of nitrogens with one attached hydrogen (secondary N) is 1. The average molecular weight is 235 g/mol. The number of nitrogens with zero attached hydrogens (tertiary/aromatic N) is 2. The van der Waals surface area contributed by atoms with Crippen molar-refractivity contribution in [2.24, 2.45) is 5.41 Å². The van der Waals surface area contributed by atoms with Crippen molar-refractivity contribution in [3.8, 4) is 0 Å². The third-order valence-corrected chi connectivity index (χ3v) is 2.21. The summed E-state index contributed by atoms with van der Waals surface area (Å²) in [5.41, 5.74) is -0.836. The molecule has 92 valence electrons. The van der Waals surface area contributed by atoms with Crippen molar-refractivity contribution in [1.82, 2.24) is 15.1 Å². The predicted octanol–water partition coefficient (Wildman–Crippen LogP) is 2.15. The zero-order valence-electron chi connectivity index (χ0n) is 9.60. The monoisotopic (exact) mass is 235 g/mol. The highest BCUT2D eigenvalue weighted by Gasteiger charge is 2.32. The highest BCUT2D eigenvalue weighted by atomic mass is 19.4. The Bertz CT molecular complexity index is 341. The quantitative estimate of drug-likeness (QED) is 0.866. The van der Waals surface area contributed by atoms with Gasteiger partial charge in [0.05, 0.1) is 11.8 Å². The molecule has 1 N–H and O–H groups in total. The molecular formula is C10H16F3N3. The number of alkyl halides is 3. The van der Waals surface area contributed by atoms with E-state index in [0.29, 0.717) is 13.1 Å². The van der Waals surface area contributed by atoms with Crippen LogP contribution < -0.4 is 5.32 Å². The molecule has 1 aromatic rings. The summed E-state index contributed by atoms with van der Waals surface area (Å²) in [5.74, 6) is 0. The molecule has 0 fully saturated rings. The Morgan fingerprint density at radius 3 is 2.44 bits per heavy atom. The molecule has 0 radical (unpaired) electrons. The van der Waals surface area contributed by atoms with Crippen LogP contribution in [0.4, 0.5) is 13.2 Å². The fourth-order valence-electron chi connectivity index (χ4n) is 1.57. The van der Waals surface area contributed by atoms with Crippen molar-refractivity contribution in [2.75, 3.05) is 13.6 Å². The SMILES string of the molecule is CNCC(C)(C)Cn1cc(C(F)(F)F)cn1. The molecule has 0 aliphatic rings. The zero-order chi connectivity index (χ0) is 12.4. The minimum absolute atomic E-state index is 0.135. The van der Waals surface area contributed by atoms with Crippen LogP contribution >= 0.6 is 0 Å². The van der Waals surface area contributed by atoms with Crippen LogP contribution in [0.1, 0.15) is 19.4 Å². The van der Waals surface area contributed by atoms with E-state index in [4.69, 9.17) is 0 Å². The van der Waals surface area contributed by atoms with E-state index in [9.17, 15) is 13.2 Å². The molecule has 6 heteroatoms. The van der Waals surface area contributed by atoms with Gasteiger partial charge in [0.15, 0.2) is 0 Å². The summed E-state index contributed by atoms with van der Waals surface area (Å²) >= 11 is 0. The first kappa shape index (κ1) is 13.0. The van der Waals surface area contributed by atoms with E-state index in [1.807, 2.05) is 20.9 Å². The number of hydrogen-bond donors (Lipinski definition) is 1. The summed E-state index contributed by atoms with van der Waals surface area (Å²) < 4.78 is 38.3. The molecule has 3 nitrogen and oxygen atoms in total. The topological polar surface area (TPSA) is 29.9 Å².